The van der Waals surface area contributed by atoms with Crippen molar-refractivity contribution in [3.05, 3.63) is 73.3 Å². The Balaban J connectivity index is 1.20. The maximum Gasteiger partial charge on any atom is 0.181 e. The minimum Gasteiger partial charge on any atom is -0.345 e. The second kappa shape index (κ2) is 7.20. The van der Waals surface area contributed by atoms with Gasteiger partial charge in [0, 0.05) is 22.3 Å². The molecule has 7 aromatic rings. The highest BCUT2D eigenvalue weighted by Crippen LogP contribution is 2.27. The van der Waals surface area contributed by atoms with E-state index in [1.54, 1.807) is 12.7 Å². The zero-order valence-electron chi connectivity index (χ0n) is 17.6. The van der Waals surface area contributed by atoms with Gasteiger partial charge in [-0.05, 0) is 42.5 Å². The number of hydrogen-bond donors (Lipinski definition) is 4. The zero-order valence-corrected chi connectivity index (χ0v) is 17.6. The molecule has 0 saturated carbocycles. The van der Waals surface area contributed by atoms with Gasteiger partial charge < -0.3 is 9.97 Å². The minimum atomic E-state index is 0.599. The van der Waals surface area contributed by atoms with Crippen molar-refractivity contribution in [3.63, 3.8) is 0 Å². The highest BCUT2D eigenvalue weighted by Gasteiger charge is 2.13. The normalized spacial score (nSPS) is 11.5. The Labute approximate surface area is 191 Å². The number of aromatic nitrogens is 10. The molecule has 0 amide bonds. The molecule has 4 heterocycles. The van der Waals surface area contributed by atoms with E-state index < -0.39 is 0 Å². The molecule has 0 aliphatic heterocycles. The van der Waals surface area contributed by atoms with E-state index in [-0.39, 0.29) is 0 Å². The molecule has 4 N–H and O–H groups in total. The number of fused-ring (bicyclic) bond motifs is 2. The molecule has 0 atom stereocenters. The van der Waals surface area contributed by atoms with E-state index in [1.807, 2.05) is 60.7 Å². The van der Waals surface area contributed by atoms with Gasteiger partial charge in [0.25, 0.3) is 0 Å². The Morgan fingerprint density at radius 1 is 0.529 bits per heavy atom. The van der Waals surface area contributed by atoms with Gasteiger partial charge in [-0.3, -0.25) is 10.2 Å². The Bertz CT molecular complexity index is 1660. The molecular formula is C24H16N10. The van der Waals surface area contributed by atoms with E-state index in [2.05, 4.69) is 40.3 Å². The molecular weight excluding hydrogens is 428 g/mol. The van der Waals surface area contributed by atoms with Crippen LogP contribution in [0.5, 0.6) is 0 Å². The molecule has 4 aromatic heterocycles. The van der Waals surface area contributed by atoms with Crippen molar-refractivity contribution >= 4 is 22.1 Å². The average molecular weight is 444 g/mol. The lowest BCUT2D eigenvalue weighted by atomic mass is 10.1. The van der Waals surface area contributed by atoms with Crippen molar-refractivity contribution in [1.82, 2.24) is 50.3 Å². The molecule has 7 rings (SSSR count). The highest BCUT2D eigenvalue weighted by molar-refractivity contribution is 5.81. The fourth-order valence-corrected chi connectivity index (χ4v) is 4.00. The van der Waals surface area contributed by atoms with Gasteiger partial charge in [0.05, 0.1) is 34.7 Å². The molecule has 0 aliphatic rings. The molecule has 0 fully saturated rings. The van der Waals surface area contributed by atoms with Crippen molar-refractivity contribution in [2.45, 2.75) is 0 Å². The number of imidazole rings is 2. The molecule has 0 bridgehead atoms. The zero-order chi connectivity index (χ0) is 22.5. The van der Waals surface area contributed by atoms with E-state index in [0.717, 1.165) is 44.3 Å². The molecule has 3 aromatic carbocycles. The van der Waals surface area contributed by atoms with E-state index >= 15 is 0 Å². The number of benzene rings is 3. The summed E-state index contributed by atoms with van der Waals surface area (Å²) in [5, 5.41) is 14.9. The number of hydrogen-bond acceptors (Lipinski definition) is 6. The Morgan fingerprint density at radius 3 is 1.59 bits per heavy atom. The van der Waals surface area contributed by atoms with Crippen LogP contribution < -0.4 is 0 Å². The van der Waals surface area contributed by atoms with Crippen LogP contribution in [0.25, 0.3) is 67.6 Å². The fraction of sp³-hybridized carbons (Fsp3) is 0. The van der Waals surface area contributed by atoms with Crippen LogP contribution in [-0.2, 0) is 0 Å². The Hall–Kier alpha value is -5.12. The van der Waals surface area contributed by atoms with Gasteiger partial charge in [0.2, 0.25) is 0 Å². The minimum absolute atomic E-state index is 0.599. The Morgan fingerprint density at radius 2 is 1.06 bits per heavy atom. The lowest BCUT2D eigenvalue weighted by molar-refractivity contribution is 1.10. The van der Waals surface area contributed by atoms with Gasteiger partial charge in [-0.15, -0.1) is 0 Å². The van der Waals surface area contributed by atoms with Gasteiger partial charge in [0.1, 0.15) is 0 Å². The van der Waals surface area contributed by atoms with Crippen LogP contribution >= 0.6 is 0 Å². The van der Waals surface area contributed by atoms with Crippen LogP contribution in [0.3, 0.4) is 0 Å². The summed E-state index contributed by atoms with van der Waals surface area (Å²) in [6.45, 7) is 0. The van der Waals surface area contributed by atoms with Crippen molar-refractivity contribution in [1.29, 1.82) is 0 Å². The number of nitrogens with one attached hydrogen (secondary N) is 4. The first-order valence-electron chi connectivity index (χ1n) is 10.6. The van der Waals surface area contributed by atoms with Gasteiger partial charge in [-0.2, -0.15) is 10.2 Å². The molecule has 0 unspecified atom stereocenters. The summed E-state index contributed by atoms with van der Waals surface area (Å²) in [4.78, 5) is 24.1. The summed E-state index contributed by atoms with van der Waals surface area (Å²) in [6, 6.07) is 19.7. The van der Waals surface area contributed by atoms with E-state index in [4.69, 9.17) is 9.97 Å². The van der Waals surface area contributed by atoms with Crippen molar-refractivity contribution < 1.29 is 0 Å². The molecule has 10 nitrogen and oxygen atoms in total. The lowest BCUT2D eigenvalue weighted by Gasteiger charge is -1.99. The SMILES string of the molecule is c1cc(-c2n[nH]c(-c3ccc4nc[nH]c4c3)n2)cc(-c2n[nH]c(-c3ccc4nc[nH]c4c3)n2)c1. The van der Waals surface area contributed by atoms with Gasteiger partial charge in [0.15, 0.2) is 23.3 Å². The number of rotatable bonds is 4. The standard InChI is InChI=1S/C24H16N10/c1-2-13(21-29-23(33-31-21)15-4-6-17-19(9-15)27-11-25-17)8-14(3-1)22-30-24(34-32-22)16-5-7-18-20(10-16)28-12-26-18/h1-12H,(H,25,27)(H,26,28)(H,29,31,33)(H,30,32,34). The quantitative estimate of drug-likeness (QED) is 0.318. The number of nitrogens with zero attached hydrogens (tertiary/aromatic N) is 6. The first-order chi connectivity index (χ1) is 16.8. The molecule has 0 radical (unpaired) electrons. The molecule has 0 saturated heterocycles. The van der Waals surface area contributed by atoms with Crippen LogP contribution in [-0.4, -0.2) is 50.3 Å². The fourth-order valence-electron chi connectivity index (χ4n) is 4.00. The van der Waals surface area contributed by atoms with E-state index in [0.29, 0.717) is 23.3 Å². The van der Waals surface area contributed by atoms with E-state index in [9.17, 15) is 0 Å². The van der Waals surface area contributed by atoms with Crippen molar-refractivity contribution in [2.75, 3.05) is 0 Å². The summed E-state index contributed by atoms with van der Waals surface area (Å²) in [5.41, 5.74) is 7.31. The number of aromatic amines is 4. The van der Waals surface area contributed by atoms with Crippen LogP contribution in [0.1, 0.15) is 0 Å². The van der Waals surface area contributed by atoms with Crippen molar-refractivity contribution in [3.8, 4) is 45.6 Å². The second-order valence-corrected chi connectivity index (χ2v) is 7.86. The summed E-state index contributed by atoms with van der Waals surface area (Å²) < 4.78 is 0. The maximum absolute atomic E-state index is 4.69. The molecule has 34 heavy (non-hydrogen) atoms. The monoisotopic (exact) mass is 444 g/mol. The predicted molar refractivity (Wildman–Crippen MR) is 127 cm³/mol. The number of H-pyrrole nitrogens is 4. The lowest BCUT2D eigenvalue weighted by Crippen LogP contribution is -1.85. The molecule has 10 heteroatoms. The molecule has 0 spiro atoms. The van der Waals surface area contributed by atoms with Crippen LogP contribution in [0.2, 0.25) is 0 Å². The molecule has 162 valence electrons. The summed E-state index contributed by atoms with van der Waals surface area (Å²) in [5.74, 6) is 2.57. The topological polar surface area (TPSA) is 140 Å². The van der Waals surface area contributed by atoms with Crippen molar-refractivity contribution in [2.24, 2.45) is 0 Å². The second-order valence-electron chi connectivity index (χ2n) is 7.86. The third kappa shape index (κ3) is 3.05. The highest BCUT2D eigenvalue weighted by atomic mass is 15.2. The molecule has 0 aliphatic carbocycles. The van der Waals surface area contributed by atoms with Gasteiger partial charge in [-0.1, -0.05) is 18.2 Å². The first kappa shape index (κ1) is 18.5. The summed E-state index contributed by atoms with van der Waals surface area (Å²) in [6.07, 6.45) is 3.35. The van der Waals surface area contributed by atoms with Crippen LogP contribution in [0.4, 0.5) is 0 Å². The first-order valence-corrected chi connectivity index (χ1v) is 10.6. The van der Waals surface area contributed by atoms with Crippen LogP contribution in [0, 0.1) is 0 Å². The predicted octanol–water partition coefficient (Wildman–Crippen LogP) is 4.34. The van der Waals surface area contributed by atoms with Gasteiger partial charge in [-0.25, -0.2) is 19.9 Å². The van der Waals surface area contributed by atoms with Gasteiger partial charge >= 0.3 is 0 Å². The van der Waals surface area contributed by atoms with Crippen LogP contribution in [0.15, 0.2) is 73.3 Å². The largest absolute Gasteiger partial charge is 0.345 e. The van der Waals surface area contributed by atoms with E-state index in [1.165, 1.54) is 0 Å². The average Bonchev–Trinajstić information content (AvgIpc) is 3.69. The maximum atomic E-state index is 4.69. The third-order valence-corrected chi connectivity index (χ3v) is 5.74. The Kier molecular flexibility index (Phi) is 3.91. The summed E-state index contributed by atoms with van der Waals surface area (Å²) in [7, 11) is 0. The third-order valence-electron chi connectivity index (χ3n) is 5.74. The summed E-state index contributed by atoms with van der Waals surface area (Å²) >= 11 is 0. The smallest absolute Gasteiger partial charge is 0.181 e.